The van der Waals surface area contributed by atoms with Crippen molar-refractivity contribution in [2.75, 3.05) is 0 Å². The van der Waals surface area contributed by atoms with Gasteiger partial charge in [0.05, 0.1) is 0 Å². The molecule has 0 nitrogen and oxygen atoms in total. The van der Waals surface area contributed by atoms with E-state index in [1.54, 1.807) is 0 Å². The number of fused-ring (bicyclic) bond motifs is 13. The van der Waals surface area contributed by atoms with Gasteiger partial charge in [-0.15, -0.1) is 0 Å². The zero-order valence-electron chi connectivity index (χ0n) is 32.6. The number of hydrogen-bond acceptors (Lipinski definition) is 0. The van der Waals surface area contributed by atoms with E-state index in [0.29, 0.717) is 0 Å². The first-order valence-corrected chi connectivity index (χ1v) is 21.0. The summed E-state index contributed by atoms with van der Waals surface area (Å²) in [7, 11) is 0. The minimum Gasteiger partial charge on any atom is -0.0622 e. The van der Waals surface area contributed by atoms with Gasteiger partial charge in [-0.2, -0.15) is 0 Å². The average molecular weight is 755 g/mol. The van der Waals surface area contributed by atoms with Crippen LogP contribution in [0.3, 0.4) is 0 Å². The summed E-state index contributed by atoms with van der Waals surface area (Å²) < 4.78 is 0. The van der Waals surface area contributed by atoms with Gasteiger partial charge in [-0.3, -0.25) is 0 Å². The van der Waals surface area contributed by atoms with Gasteiger partial charge in [0, 0.05) is 0 Å². The van der Waals surface area contributed by atoms with Crippen LogP contribution in [-0.4, -0.2) is 0 Å². The van der Waals surface area contributed by atoms with Crippen LogP contribution in [0.15, 0.2) is 206 Å². The molecule has 14 aromatic carbocycles. The zero-order valence-corrected chi connectivity index (χ0v) is 32.6. The minimum atomic E-state index is 1.24. The van der Waals surface area contributed by atoms with Crippen LogP contribution in [0.1, 0.15) is 0 Å². The molecule has 0 spiro atoms. The van der Waals surface area contributed by atoms with Crippen molar-refractivity contribution >= 4 is 108 Å². The highest BCUT2D eigenvalue weighted by molar-refractivity contribution is 6.46. The van der Waals surface area contributed by atoms with E-state index in [9.17, 15) is 0 Å². The maximum Gasteiger partial charge on any atom is -0.000718 e. The zero-order chi connectivity index (χ0) is 39.1. The summed E-state index contributed by atoms with van der Waals surface area (Å²) in [6, 6.07) is 77.5. The molecule has 0 aromatic heterocycles. The Hall–Kier alpha value is -7.80. The van der Waals surface area contributed by atoms with Crippen LogP contribution in [0.25, 0.3) is 141 Å². The lowest BCUT2D eigenvalue weighted by Gasteiger charge is -2.19. The summed E-state index contributed by atoms with van der Waals surface area (Å²) >= 11 is 0. The van der Waals surface area contributed by atoms with E-state index in [4.69, 9.17) is 0 Å². The van der Waals surface area contributed by atoms with E-state index >= 15 is 0 Å². The van der Waals surface area contributed by atoms with E-state index in [1.165, 1.54) is 141 Å². The van der Waals surface area contributed by atoms with Crippen LogP contribution in [0.2, 0.25) is 0 Å². The molecule has 14 aromatic rings. The van der Waals surface area contributed by atoms with Gasteiger partial charge in [0.25, 0.3) is 0 Å². The molecular weight excluding hydrogens is 721 g/mol. The largest absolute Gasteiger partial charge is 0.0622 e. The summed E-state index contributed by atoms with van der Waals surface area (Å²) in [6.45, 7) is 0. The smallest absolute Gasteiger partial charge is 0.000718 e. The second kappa shape index (κ2) is 11.9. The Morgan fingerprint density at radius 3 is 1.45 bits per heavy atom. The van der Waals surface area contributed by atoms with Gasteiger partial charge < -0.3 is 0 Å². The van der Waals surface area contributed by atoms with E-state index in [0.717, 1.165) is 0 Å². The Kier molecular flexibility index (Phi) is 6.38. The van der Waals surface area contributed by atoms with E-state index < -0.39 is 0 Å². The molecule has 0 aliphatic carbocycles. The highest BCUT2D eigenvalue weighted by Crippen LogP contribution is 2.55. The number of benzene rings is 12. The van der Waals surface area contributed by atoms with Crippen molar-refractivity contribution in [3.05, 3.63) is 206 Å². The second-order valence-electron chi connectivity index (χ2n) is 16.7. The molecule has 60 heavy (non-hydrogen) atoms. The van der Waals surface area contributed by atoms with Gasteiger partial charge in [-0.05, 0) is 165 Å². The summed E-state index contributed by atoms with van der Waals surface area (Å²) in [5, 5.41) is 26.2. The summed E-state index contributed by atoms with van der Waals surface area (Å²) in [4.78, 5) is 0. The summed E-state index contributed by atoms with van der Waals surface area (Å²) in [6.07, 6.45) is 0. The van der Waals surface area contributed by atoms with Gasteiger partial charge in [-0.25, -0.2) is 0 Å². The van der Waals surface area contributed by atoms with Gasteiger partial charge in [-0.1, -0.05) is 182 Å². The molecule has 0 amide bonds. The van der Waals surface area contributed by atoms with Crippen LogP contribution in [0, 0.1) is 0 Å². The Labute approximate surface area is 345 Å². The first-order valence-electron chi connectivity index (χ1n) is 21.0. The fourth-order valence-corrected chi connectivity index (χ4v) is 11.2. The lowest BCUT2D eigenvalue weighted by atomic mass is 9.84. The first-order chi connectivity index (χ1) is 29.8. The monoisotopic (exact) mass is 754 g/mol. The topological polar surface area (TPSA) is 0 Å². The quantitative estimate of drug-likeness (QED) is 0.158. The number of rotatable bonds is 3. The molecule has 0 saturated heterocycles. The van der Waals surface area contributed by atoms with Crippen LogP contribution in [-0.2, 0) is 0 Å². The van der Waals surface area contributed by atoms with Gasteiger partial charge in [0.2, 0.25) is 0 Å². The molecule has 0 saturated carbocycles. The molecule has 14 rings (SSSR count). The standard InChI is InChI=1S/C60H34/c1-3-14-36(15-4-1)54-52-34-50-45-20-10-9-19-44(45)46-21-11-23-48(56(46)50)58(52)55(37-16-5-2-6-17-37)59-49-24-12-22-47-53-42(33-51(57(47)49)60(54)59)28-27-41-32-40(29-30-43(41)53)39-26-25-35-13-7-8-18-38(35)31-39/h1-34H. The van der Waals surface area contributed by atoms with Gasteiger partial charge in [0.1, 0.15) is 0 Å². The van der Waals surface area contributed by atoms with Crippen LogP contribution in [0.5, 0.6) is 0 Å². The highest BCUT2D eigenvalue weighted by atomic mass is 14.3. The van der Waals surface area contributed by atoms with Gasteiger partial charge in [0.15, 0.2) is 0 Å². The molecule has 0 heterocycles. The Balaban J connectivity index is 1.17. The van der Waals surface area contributed by atoms with E-state index in [1.807, 2.05) is 0 Å². The molecule has 0 fully saturated rings. The minimum absolute atomic E-state index is 1.24. The fraction of sp³-hybridized carbons (Fsp3) is 0. The van der Waals surface area contributed by atoms with Crippen molar-refractivity contribution in [1.82, 2.24) is 0 Å². The Morgan fingerprint density at radius 2 is 0.683 bits per heavy atom. The molecule has 0 aliphatic rings. The molecule has 0 atom stereocenters. The number of hydrogen-bond donors (Lipinski definition) is 0. The third kappa shape index (κ3) is 4.24. The molecular formula is C60H34. The molecule has 0 aliphatic heterocycles. The second-order valence-corrected chi connectivity index (χ2v) is 16.7. The normalized spacial score (nSPS) is 12.3. The maximum absolute atomic E-state index is 2.53. The van der Waals surface area contributed by atoms with E-state index in [-0.39, 0.29) is 0 Å². The van der Waals surface area contributed by atoms with Crippen molar-refractivity contribution in [3.63, 3.8) is 0 Å². The van der Waals surface area contributed by atoms with E-state index in [2.05, 4.69) is 206 Å². The van der Waals surface area contributed by atoms with Crippen LogP contribution >= 0.6 is 0 Å². The van der Waals surface area contributed by atoms with Crippen molar-refractivity contribution in [2.24, 2.45) is 0 Å². The predicted molar refractivity (Wildman–Crippen MR) is 260 cm³/mol. The highest BCUT2D eigenvalue weighted by Gasteiger charge is 2.27. The fourth-order valence-electron chi connectivity index (χ4n) is 11.2. The van der Waals surface area contributed by atoms with Crippen molar-refractivity contribution in [2.45, 2.75) is 0 Å². The third-order valence-electron chi connectivity index (χ3n) is 13.6. The van der Waals surface area contributed by atoms with Gasteiger partial charge >= 0.3 is 0 Å². The molecule has 0 heteroatoms. The summed E-state index contributed by atoms with van der Waals surface area (Å²) in [5.74, 6) is 0. The average Bonchev–Trinajstić information content (AvgIpc) is 3.82. The van der Waals surface area contributed by atoms with Crippen LogP contribution < -0.4 is 0 Å². The molecule has 0 radical (unpaired) electrons. The molecule has 0 unspecified atom stereocenters. The van der Waals surface area contributed by atoms with Crippen molar-refractivity contribution < 1.29 is 0 Å². The van der Waals surface area contributed by atoms with Crippen LogP contribution in [0.4, 0.5) is 0 Å². The SMILES string of the molecule is c1ccc(-c2c3cc4c5ccccc5c5cccc(c3c(-c3ccccc3)c3c6cccc7c8c(ccc9cc(-c%10ccc%11ccccc%11c%10)ccc98)cc(c23)c67)c54)cc1. The Bertz CT molecular complexity index is 4080. The Morgan fingerprint density at radius 1 is 0.167 bits per heavy atom. The molecule has 0 N–H and O–H groups in total. The molecule has 0 bridgehead atoms. The maximum atomic E-state index is 2.53. The first kappa shape index (κ1) is 32.2. The lowest BCUT2D eigenvalue weighted by Crippen LogP contribution is -1.91. The summed E-state index contributed by atoms with van der Waals surface area (Å²) in [5.41, 5.74) is 7.60. The van der Waals surface area contributed by atoms with Crippen molar-refractivity contribution in [1.29, 1.82) is 0 Å². The lowest BCUT2D eigenvalue weighted by molar-refractivity contribution is 1.68. The molecule has 274 valence electrons. The third-order valence-corrected chi connectivity index (χ3v) is 13.6. The van der Waals surface area contributed by atoms with Crippen molar-refractivity contribution in [3.8, 4) is 33.4 Å². The predicted octanol–water partition coefficient (Wildman–Crippen LogP) is 17.1.